The average Bonchev–Trinajstić information content (AvgIpc) is 3.44. The molecule has 3 aromatic carbocycles. The van der Waals surface area contributed by atoms with Crippen LogP contribution in [0.1, 0.15) is 36.9 Å². The second-order valence-electron chi connectivity index (χ2n) is 10.4. The summed E-state index contributed by atoms with van der Waals surface area (Å²) >= 11 is 0. The summed E-state index contributed by atoms with van der Waals surface area (Å²) in [7, 11) is -2.07. The zero-order valence-corrected chi connectivity index (χ0v) is 24.4. The van der Waals surface area contributed by atoms with Crippen LogP contribution in [0.25, 0.3) is 28.1 Å². The Balaban J connectivity index is 1.41. The fourth-order valence-corrected chi connectivity index (χ4v) is 6.30. The van der Waals surface area contributed by atoms with E-state index in [2.05, 4.69) is 10.0 Å². The Morgan fingerprint density at radius 1 is 0.860 bits per heavy atom. The molecule has 0 bridgehead atoms. The Kier molecular flexibility index (Phi) is 8.88. The van der Waals surface area contributed by atoms with Crippen molar-refractivity contribution in [3.05, 3.63) is 90.1 Å². The van der Waals surface area contributed by atoms with Gasteiger partial charge in [-0.3, -0.25) is 9.52 Å². The maximum Gasteiger partial charge on any atom is 0.416 e. The number of nitrogens with zero attached hydrogens (tertiary/aromatic N) is 3. The van der Waals surface area contributed by atoms with Crippen LogP contribution in [-0.4, -0.2) is 48.5 Å². The van der Waals surface area contributed by atoms with Gasteiger partial charge in [0.05, 0.1) is 22.6 Å². The van der Waals surface area contributed by atoms with Crippen LogP contribution in [0.4, 0.5) is 18.9 Å². The van der Waals surface area contributed by atoms with Crippen LogP contribution in [0.2, 0.25) is 0 Å². The van der Waals surface area contributed by atoms with Gasteiger partial charge in [-0.15, -0.1) is 0 Å². The first-order valence-electron chi connectivity index (χ1n) is 14.0. The predicted octanol–water partition coefficient (Wildman–Crippen LogP) is 6.05. The number of hydrogen-bond acceptors (Lipinski definition) is 4. The monoisotopic (exact) mass is 611 g/mol. The van der Waals surface area contributed by atoms with Gasteiger partial charge in [-0.05, 0) is 66.4 Å². The molecule has 4 aromatic rings. The molecule has 1 amide bonds. The average molecular weight is 612 g/mol. The fraction of sp³-hybridized carbons (Fsp3) is 0.290. The molecule has 0 unspecified atom stereocenters. The van der Waals surface area contributed by atoms with Crippen molar-refractivity contribution in [2.24, 2.45) is 0 Å². The summed E-state index contributed by atoms with van der Waals surface area (Å²) in [6, 6.07) is 21.2. The van der Waals surface area contributed by atoms with E-state index in [4.69, 9.17) is 5.10 Å². The smallest absolute Gasteiger partial charge is 0.359 e. The third kappa shape index (κ3) is 7.26. The summed E-state index contributed by atoms with van der Waals surface area (Å²) < 4.78 is 70.4. The molecule has 0 atom stereocenters. The lowest BCUT2D eigenvalue weighted by Crippen LogP contribution is -2.39. The van der Waals surface area contributed by atoms with Crippen molar-refractivity contribution < 1.29 is 26.4 Å². The number of nitrogens with one attached hydrogen (secondary N) is 2. The van der Waals surface area contributed by atoms with Gasteiger partial charge in [-0.25, -0.2) is 4.68 Å². The SMILES string of the molecule is CNC(=O)CCc1cc(-c2ccc(-c3ccc(C(F)(F)F)cc3)cc2)n(-c2ccc(NS(=O)(=O)N3CCCCC3)cc2)n1. The molecule has 43 heavy (non-hydrogen) atoms. The lowest BCUT2D eigenvalue weighted by atomic mass is 10.0. The molecule has 8 nitrogen and oxygen atoms in total. The largest absolute Gasteiger partial charge is 0.416 e. The summed E-state index contributed by atoms with van der Waals surface area (Å²) in [4.78, 5) is 11.9. The summed E-state index contributed by atoms with van der Waals surface area (Å²) in [5.41, 5.74) is 4.08. The number of hydrogen-bond donors (Lipinski definition) is 2. The lowest BCUT2D eigenvalue weighted by molar-refractivity contribution is -0.137. The van der Waals surface area contributed by atoms with E-state index in [0.29, 0.717) is 42.1 Å². The molecule has 0 aliphatic carbocycles. The number of amides is 1. The van der Waals surface area contributed by atoms with Gasteiger partial charge in [0.25, 0.3) is 0 Å². The minimum absolute atomic E-state index is 0.109. The van der Waals surface area contributed by atoms with E-state index >= 15 is 0 Å². The summed E-state index contributed by atoms with van der Waals surface area (Å²) in [6.07, 6.45) is -1.01. The van der Waals surface area contributed by atoms with Crippen LogP contribution in [0.5, 0.6) is 0 Å². The molecular formula is C31H32F3N5O3S. The van der Waals surface area contributed by atoms with Crippen molar-refractivity contribution in [1.82, 2.24) is 19.4 Å². The number of aryl methyl sites for hydroxylation is 1. The van der Waals surface area contributed by atoms with E-state index in [9.17, 15) is 26.4 Å². The highest BCUT2D eigenvalue weighted by molar-refractivity contribution is 7.90. The van der Waals surface area contributed by atoms with Crippen LogP contribution in [0.3, 0.4) is 0 Å². The van der Waals surface area contributed by atoms with E-state index in [1.54, 1.807) is 36.0 Å². The predicted molar refractivity (Wildman–Crippen MR) is 160 cm³/mol. The first-order chi connectivity index (χ1) is 20.5. The molecule has 226 valence electrons. The van der Waals surface area contributed by atoms with Gasteiger partial charge < -0.3 is 5.32 Å². The van der Waals surface area contributed by atoms with Crippen molar-refractivity contribution in [2.75, 3.05) is 24.9 Å². The highest BCUT2D eigenvalue weighted by atomic mass is 32.2. The Hall–Kier alpha value is -4.16. The molecule has 12 heteroatoms. The van der Waals surface area contributed by atoms with Crippen molar-refractivity contribution in [2.45, 2.75) is 38.3 Å². The number of carbonyl (C=O) groups is 1. The molecule has 0 spiro atoms. The van der Waals surface area contributed by atoms with Crippen LogP contribution in [0, 0.1) is 0 Å². The number of benzene rings is 3. The van der Waals surface area contributed by atoms with Crippen molar-refractivity contribution >= 4 is 21.8 Å². The number of aromatic nitrogens is 2. The molecule has 1 aliphatic rings. The standard InChI is InChI=1S/C31H32F3N5O3S/c1-35-30(40)18-15-27-21-29(24-7-5-22(6-8-24)23-9-11-25(12-10-23)31(32,33)34)39(36-27)28-16-13-26(14-17-28)37-43(41,42)38-19-3-2-4-20-38/h5-14,16-17,21,37H,2-4,15,18-20H2,1H3,(H,35,40). The maximum atomic E-state index is 13.0. The maximum absolute atomic E-state index is 13.0. The van der Waals surface area contributed by atoms with E-state index in [1.807, 2.05) is 30.3 Å². The summed E-state index contributed by atoms with van der Waals surface area (Å²) in [5, 5.41) is 7.34. The molecule has 1 fully saturated rings. The van der Waals surface area contributed by atoms with E-state index < -0.39 is 21.9 Å². The number of anilines is 1. The third-order valence-corrected chi connectivity index (χ3v) is 8.93. The van der Waals surface area contributed by atoms with Crippen molar-refractivity contribution in [3.63, 3.8) is 0 Å². The molecule has 2 heterocycles. The van der Waals surface area contributed by atoms with Crippen LogP contribution in [-0.2, 0) is 27.6 Å². The molecule has 1 aliphatic heterocycles. The molecule has 0 saturated carbocycles. The molecule has 1 aromatic heterocycles. The Morgan fingerprint density at radius 3 is 2.02 bits per heavy atom. The minimum atomic E-state index is -4.40. The van der Waals surface area contributed by atoms with Crippen LogP contribution >= 0.6 is 0 Å². The second kappa shape index (κ2) is 12.6. The van der Waals surface area contributed by atoms with Gasteiger partial charge in [0.15, 0.2) is 0 Å². The minimum Gasteiger partial charge on any atom is -0.359 e. The molecular weight excluding hydrogens is 579 g/mol. The molecule has 0 radical (unpaired) electrons. The van der Waals surface area contributed by atoms with Gasteiger partial charge in [0, 0.05) is 44.2 Å². The molecule has 2 N–H and O–H groups in total. The van der Waals surface area contributed by atoms with Crippen molar-refractivity contribution in [1.29, 1.82) is 0 Å². The van der Waals surface area contributed by atoms with Gasteiger partial charge >= 0.3 is 16.4 Å². The summed E-state index contributed by atoms with van der Waals surface area (Å²) in [6.45, 7) is 1.00. The quantitative estimate of drug-likeness (QED) is 0.241. The number of halogens is 3. The third-order valence-electron chi connectivity index (χ3n) is 7.39. The molecule has 1 saturated heterocycles. The van der Waals surface area contributed by atoms with Crippen LogP contribution in [0.15, 0.2) is 78.9 Å². The van der Waals surface area contributed by atoms with E-state index in [0.717, 1.165) is 48.2 Å². The Morgan fingerprint density at radius 2 is 1.44 bits per heavy atom. The number of carbonyl (C=O) groups excluding carboxylic acids is 1. The van der Waals surface area contributed by atoms with Gasteiger partial charge in [-0.1, -0.05) is 42.8 Å². The second-order valence-corrected chi connectivity index (χ2v) is 12.0. The van der Waals surface area contributed by atoms with Crippen LogP contribution < -0.4 is 10.0 Å². The fourth-order valence-electron chi connectivity index (χ4n) is 5.00. The summed E-state index contributed by atoms with van der Waals surface area (Å²) in [5.74, 6) is -0.109. The number of rotatable bonds is 9. The zero-order chi connectivity index (χ0) is 30.6. The Labute approximate surface area is 248 Å². The molecule has 5 rings (SSSR count). The van der Waals surface area contributed by atoms with Gasteiger partial charge in [0.2, 0.25) is 5.91 Å². The number of alkyl halides is 3. The highest BCUT2D eigenvalue weighted by Gasteiger charge is 2.30. The van der Waals surface area contributed by atoms with E-state index in [1.165, 1.54) is 16.4 Å². The normalized spacial score (nSPS) is 14.4. The Bertz CT molecular complexity index is 1660. The number of piperidine rings is 1. The van der Waals surface area contributed by atoms with Crippen molar-refractivity contribution in [3.8, 4) is 28.1 Å². The van der Waals surface area contributed by atoms with E-state index in [-0.39, 0.29) is 12.3 Å². The first-order valence-corrected chi connectivity index (χ1v) is 15.4. The highest BCUT2D eigenvalue weighted by Crippen LogP contribution is 2.32. The first kappa shape index (κ1) is 30.3. The van der Waals surface area contributed by atoms with Gasteiger partial charge in [-0.2, -0.15) is 31.0 Å². The van der Waals surface area contributed by atoms with Gasteiger partial charge in [0.1, 0.15) is 0 Å². The topological polar surface area (TPSA) is 96.3 Å². The lowest BCUT2D eigenvalue weighted by Gasteiger charge is -2.26. The zero-order valence-electron chi connectivity index (χ0n) is 23.6.